The van der Waals surface area contributed by atoms with E-state index < -0.39 is 11.7 Å². The monoisotopic (exact) mass is 258 g/mol. The highest BCUT2D eigenvalue weighted by molar-refractivity contribution is 5.81. The molecule has 0 radical (unpaired) electrons. The number of amides is 2. The summed E-state index contributed by atoms with van der Waals surface area (Å²) in [5, 5.41) is 5.28. The van der Waals surface area contributed by atoms with Crippen molar-refractivity contribution in [2.75, 3.05) is 19.7 Å². The van der Waals surface area contributed by atoms with Crippen LogP contribution in [-0.2, 0) is 14.3 Å². The van der Waals surface area contributed by atoms with Gasteiger partial charge in [-0.25, -0.2) is 4.79 Å². The second-order valence-corrected chi connectivity index (χ2v) is 5.22. The summed E-state index contributed by atoms with van der Waals surface area (Å²) in [6.45, 7) is 6.75. The normalized spacial score (nSPS) is 19.4. The van der Waals surface area contributed by atoms with Crippen LogP contribution in [0.2, 0.25) is 0 Å². The Balaban J connectivity index is 2.07. The summed E-state index contributed by atoms with van der Waals surface area (Å²) in [5.74, 6) is -0.113. The molecule has 0 saturated carbocycles. The molecule has 6 nitrogen and oxygen atoms in total. The van der Waals surface area contributed by atoms with Gasteiger partial charge >= 0.3 is 6.09 Å². The standard InChI is InChI=1S/C12H22N2O4/c1-12(2,3)18-11(16)14-7-6-13-10(15)9-5-4-8-17-9/h9H,4-8H2,1-3H3,(H,13,15)(H,14,16). The number of hydrogen-bond acceptors (Lipinski definition) is 4. The molecule has 1 aliphatic rings. The zero-order valence-corrected chi connectivity index (χ0v) is 11.2. The van der Waals surface area contributed by atoms with Crippen molar-refractivity contribution in [2.45, 2.75) is 45.3 Å². The molecule has 0 aliphatic carbocycles. The van der Waals surface area contributed by atoms with Crippen molar-refractivity contribution < 1.29 is 19.1 Å². The van der Waals surface area contributed by atoms with E-state index in [0.717, 1.165) is 12.8 Å². The SMILES string of the molecule is CC(C)(C)OC(=O)NCCNC(=O)C1CCCO1. The van der Waals surface area contributed by atoms with Crippen molar-refractivity contribution in [1.82, 2.24) is 10.6 Å². The van der Waals surface area contributed by atoms with Crippen LogP contribution in [0.3, 0.4) is 0 Å². The Morgan fingerprint density at radius 1 is 1.28 bits per heavy atom. The maximum atomic E-state index is 11.5. The first-order chi connectivity index (χ1) is 8.38. The fourth-order valence-electron chi connectivity index (χ4n) is 1.56. The van der Waals surface area contributed by atoms with Crippen LogP contribution >= 0.6 is 0 Å². The van der Waals surface area contributed by atoms with E-state index in [1.54, 1.807) is 20.8 Å². The van der Waals surface area contributed by atoms with Crippen LogP contribution in [0.5, 0.6) is 0 Å². The highest BCUT2D eigenvalue weighted by Crippen LogP contribution is 2.11. The van der Waals surface area contributed by atoms with Crippen LogP contribution in [0.15, 0.2) is 0 Å². The Bertz CT molecular complexity index is 293. The molecule has 1 atom stereocenters. The Labute approximate surface area is 107 Å². The Morgan fingerprint density at radius 2 is 1.94 bits per heavy atom. The average molecular weight is 258 g/mol. The van der Waals surface area contributed by atoms with Gasteiger partial charge in [-0.2, -0.15) is 0 Å². The van der Waals surface area contributed by atoms with Crippen molar-refractivity contribution >= 4 is 12.0 Å². The van der Waals surface area contributed by atoms with Gasteiger partial charge in [-0.05, 0) is 33.6 Å². The maximum Gasteiger partial charge on any atom is 0.407 e. The molecule has 0 spiro atoms. The Hall–Kier alpha value is -1.30. The van der Waals surface area contributed by atoms with Gasteiger partial charge in [-0.3, -0.25) is 4.79 Å². The number of nitrogens with one attached hydrogen (secondary N) is 2. The minimum absolute atomic E-state index is 0.113. The van der Waals surface area contributed by atoms with Crippen LogP contribution in [-0.4, -0.2) is 43.4 Å². The molecule has 104 valence electrons. The smallest absolute Gasteiger partial charge is 0.407 e. The molecule has 0 aromatic carbocycles. The predicted molar refractivity (Wildman–Crippen MR) is 66.2 cm³/mol. The quantitative estimate of drug-likeness (QED) is 0.731. The van der Waals surface area contributed by atoms with Gasteiger partial charge in [0.15, 0.2) is 0 Å². The molecule has 1 heterocycles. The third-order valence-corrected chi connectivity index (χ3v) is 2.31. The lowest BCUT2D eigenvalue weighted by Gasteiger charge is -2.19. The number of carbonyl (C=O) groups is 2. The van der Waals surface area contributed by atoms with Crippen molar-refractivity contribution in [3.63, 3.8) is 0 Å². The van der Waals surface area contributed by atoms with E-state index in [4.69, 9.17) is 9.47 Å². The molecule has 0 aromatic rings. The van der Waals surface area contributed by atoms with Crippen LogP contribution < -0.4 is 10.6 Å². The lowest BCUT2D eigenvalue weighted by molar-refractivity contribution is -0.130. The maximum absolute atomic E-state index is 11.5. The topological polar surface area (TPSA) is 76.7 Å². The second kappa shape index (κ2) is 6.58. The molecule has 1 fully saturated rings. The molecule has 18 heavy (non-hydrogen) atoms. The van der Waals surface area contributed by atoms with Crippen molar-refractivity contribution in [3.05, 3.63) is 0 Å². The average Bonchev–Trinajstić information content (AvgIpc) is 2.74. The highest BCUT2D eigenvalue weighted by atomic mass is 16.6. The van der Waals surface area contributed by atoms with Gasteiger partial charge in [0.05, 0.1) is 0 Å². The van der Waals surface area contributed by atoms with Gasteiger partial charge in [0.25, 0.3) is 0 Å². The van der Waals surface area contributed by atoms with Crippen molar-refractivity contribution in [2.24, 2.45) is 0 Å². The first kappa shape index (κ1) is 14.8. The summed E-state index contributed by atoms with van der Waals surface area (Å²) in [5.41, 5.74) is -0.509. The first-order valence-corrected chi connectivity index (χ1v) is 6.24. The van der Waals surface area contributed by atoms with Gasteiger partial charge < -0.3 is 20.1 Å². The predicted octanol–water partition coefficient (Wildman–Crippen LogP) is 0.806. The van der Waals surface area contributed by atoms with Crippen LogP contribution in [0, 0.1) is 0 Å². The number of carbonyl (C=O) groups excluding carboxylic acids is 2. The van der Waals surface area contributed by atoms with Gasteiger partial charge in [0, 0.05) is 19.7 Å². The molecule has 1 rings (SSSR count). The summed E-state index contributed by atoms with van der Waals surface area (Å²) in [6, 6.07) is 0. The minimum Gasteiger partial charge on any atom is -0.444 e. The van der Waals surface area contributed by atoms with Gasteiger partial charge in [0.2, 0.25) is 5.91 Å². The van der Waals surface area contributed by atoms with Gasteiger partial charge in [-0.15, -0.1) is 0 Å². The van der Waals surface area contributed by atoms with Crippen LogP contribution in [0.25, 0.3) is 0 Å². The summed E-state index contributed by atoms with van der Waals surface area (Å²) in [6.07, 6.45) is 0.889. The summed E-state index contributed by atoms with van der Waals surface area (Å²) < 4.78 is 10.3. The van der Waals surface area contributed by atoms with E-state index in [1.807, 2.05) is 0 Å². The van der Waals surface area contributed by atoms with E-state index in [-0.39, 0.29) is 12.0 Å². The molecule has 0 bridgehead atoms. The van der Waals surface area contributed by atoms with E-state index >= 15 is 0 Å². The molecule has 2 amide bonds. The van der Waals surface area contributed by atoms with E-state index in [2.05, 4.69) is 10.6 Å². The Kier molecular flexibility index (Phi) is 5.40. The molecular formula is C12H22N2O4. The van der Waals surface area contributed by atoms with E-state index in [9.17, 15) is 9.59 Å². The first-order valence-electron chi connectivity index (χ1n) is 6.24. The third-order valence-electron chi connectivity index (χ3n) is 2.31. The summed E-state index contributed by atoms with van der Waals surface area (Å²) in [7, 11) is 0. The number of ether oxygens (including phenoxy) is 2. The van der Waals surface area contributed by atoms with Crippen molar-refractivity contribution in [1.29, 1.82) is 0 Å². The molecule has 2 N–H and O–H groups in total. The second-order valence-electron chi connectivity index (χ2n) is 5.22. The van der Waals surface area contributed by atoms with Gasteiger partial charge in [-0.1, -0.05) is 0 Å². The fourth-order valence-corrected chi connectivity index (χ4v) is 1.56. The number of alkyl carbamates (subject to hydrolysis) is 1. The van der Waals surface area contributed by atoms with E-state index in [0.29, 0.717) is 19.7 Å². The minimum atomic E-state index is -0.509. The third kappa shape index (κ3) is 5.86. The number of hydrogen-bond donors (Lipinski definition) is 2. The summed E-state index contributed by atoms with van der Waals surface area (Å²) in [4.78, 5) is 22.8. The number of rotatable bonds is 4. The fraction of sp³-hybridized carbons (Fsp3) is 0.833. The largest absolute Gasteiger partial charge is 0.444 e. The lowest BCUT2D eigenvalue weighted by atomic mass is 10.2. The molecular weight excluding hydrogens is 236 g/mol. The molecule has 1 saturated heterocycles. The zero-order valence-electron chi connectivity index (χ0n) is 11.2. The molecule has 1 unspecified atom stereocenters. The van der Waals surface area contributed by atoms with E-state index in [1.165, 1.54) is 0 Å². The molecule has 1 aliphatic heterocycles. The van der Waals surface area contributed by atoms with Crippen LogP contribution in [0.1, 0.15) is 33.6 Å². The van der Waals surface area contributed by atoms with Gasteiger partial charge in [0.1, 0.15) is 11.7 Å². The zero-order chi connectivity index (χ0) is 13.6. The molecule has 6 heteroatoms. The lowest BCUT2D eigenvalue weighted by Crippen LogP contribution is -2.40. The summed E-state index contributed by atoms with van der Waals surface area (Å²) >= 11 is 0. The Morgan fingerprint density at radius 3 is 2.50 bits per heavy atom. The molecule has 0 aromatic heterocycles. The highest BCUT2D eigenvalue weighted by Gasteiger charge is 2.23. The van der Waals surface area contributed by atoms with Crippen molar-refractivity contribution in [3.8, 4) is 0 Å². The van der Waals surface area contributed by atoms with Crippen LogP contribution in [0.4, 0.5) is 4.79 Å².